The molecule has 0 fully saturated rings. The molecule has 2 unspecified atom stereocenters. The molecule has 1 heterocycles. The van der Waals surface area contributed by atoms with Gasteiger partial charge in [-0.15, -0.1) is 0 Å². The Hall–Kier alpha value is -1.81. The SMILES string of the molecule is CCCC(N)C(=O)N(C)C(C)c1cc2ccccc2o1. The molecule has 4 heteroatoms. The summed E-state index contributed by atoms with van der Waals surface area (Å²) in [4.78, 5) is 13.9. The molecule has 1 aromatic carbocycles. The molecule has 2 N–H and O–H groups in total. The van der Waals surface area contributed by atoms with E-state index in [2.05, 4.69) is 0 Å². The Morgan fingerprint density at radius 3 is 2.75 bits per heavy atom. The number of fused-ring (bicyclic) bond motifs is 1. The van der Waals surface area contributed by atoms with E-state index < -0.39 is 6.04 Å². The van der Waals surface area contributed by atoms with Crippen molar-refractivity contribution in [2.75, 3.05) is 7.05 Å². The van der Waals surface area contributed by atoms with E-state index in [1.165, 1.54) is 0 Å². The van der Waals surface area contributed by atoms with Crippen molar-refractivity contribution in [1.82, 2.24) is 4.90 Å². The lowest BCUT2D eigenvalue weighted by Crippen LogP contribution is -2.42. The van der Waals surface area contributed by atoms with Gasteiger partial charge in [0, 0.05) is 12.4 Å². The second-order valence-corrected chi connectivity index (χ2v) is 5.21. The highest BCUT2D eigenvalue weighted by Crippen LogP contribution is 2.26. The number of hydrogen-bond acceptors (Lipinski definition) is 3. The zero-order valence-corrected chi connectivity index (χ0v) is 12.3. The van der Waals surface area contributed by atoms with Crippen molar-refractivity contribution in [1.29, 1.82) is 0 Å². The minimum Gasteiger partial charge on any atom is -0.459 e. The van der Waals surface area contributed by atoms with Crippen LogP contribution < -0.4 is 5.73 Å². The Labute approximate surface area is 119 Å². The highest BCUT2D eigenvalue weighted by molar-refractivity contribution is 5.82. The standard InChI is InChI=1S/C16H22N2O2/c1-4-7-13(17)16(19)18(3)11(2)15-10-12-8-5-6-9-14(12)20-15/h5-6,8-11,13H,4,7,17H2,1-3H3. The van der Waals surface area contributed by atoms with Crippen molar-refractivity contribution < 1.29 is 9.21 Å². The molecule has 0 saturated heterocycles. The number of rotatable bonds is 5. The second kappa shape index (κ2) is 6.09. The van der Waals surface area contributed by atoms with Crippen molar-refractivity contribution in [2.45, 2.75) is 38.8 Å². The third-order valence-corrected chi connectivity index (χ3v) is 3.70. The molecule has 0 radical (unpaired) electrons. The quantitative estimate of drug-likeness (QED) is 0.911. The highest BCUT2D eigenvalue weighted by Gasteiger charge is 2.24. The maximum absolute atomic E-state index is 12.2. The Kier molecular flexibility index (Phi) is 4.45. The van der Waals surface area contributed by atoms with Gasteiger partial charge in [0.25, 0.3) is 0 Å². The van der Waals surface area contributed by atoms with Gasteiger partial charge in [-0.3, -0.25) is 4.79 Å². The summed E-state index contributed by atoms with van der Waals surface area (Å²) in [6.07, 6.45) is 1.61. The Bertz CT molecular complexity index is 558. The monoisotopic (exact) mass is 274 g/mol. The fraction of sp³-hybridized carbons (Fsp3) is 0.438. The van der Waals surface area contributed by atoms with Crippen molar-refractivity contribution in [2.24, 2.45) is 5.73 Å². The molecular formula is C16H22N2O2. The van der Waals surface area contributed by atoms with Crippen LogP contribution in [0.5, 0.6) is 0 Å². The lowest BCUT2D eigenvalue weighted by molar-refractivity contribution is -0.133. The van der Waals surface area contributed by atoms with E-state index >= 15 is 0 Å². The number of amides is 1. The van der Waals surface area contributed by atoms with Crippen LogP contribution in [-0.4, -0.2) is 23.9 Å². The van der Waals surface area contributed by atoms with Crippen LogP contribution in [0.3, 0.4) is 0 Å². The van der Waals surface area contributed by atoms with E-state index in [0.717, 1.165) is 23.2 Å². The predicted octanol–water partition coefficient (Wildman–Crippen LogP) is 3.08. The van der Waals surface area contributed by atoms with Gasteiger partial charge in [0.15, 0.2) is 0 Å². The van der Waals surface area contributed by atoms with Crippen LogP contribution in [0.1, 0.15) is 38.5 Å². The Morgan fingerprint density at radius 2 is 2.10 bits per heavy atom. The van der Waals surface area contributed by atoms with Gasteiger partial charge in [0.1, 0.15) is 11.3 Å². The van der Waals surface area contributed by atoms with Gasteiger partial charge in [0.05, 0.1) is 12.1 Å². The number of likely N-dealkylation sites (N-methyl/N-ethyl adjacent to an activating group) is 1. The van der Waals surface area contributed by atoms with Gasteiger partial charge >= 0.3 is 0 Å². The molecule has 20 heavy (non-hydrogen) atoms. The van der Waals surface area contributed by atoms with Crippen LogP contribution in [0, 0.1) is 0 Å². The van der Waals surface area contributed by atoms with Gasteiger partial charge < -0.3 is 15.1 Å². The third kappa shape index (κ3) is 2.85. The van der Waals surface area contributed by atoms with Crippen LogP contribution in [0.15, 0.2) is 34.7 Å². The molecule has 2 aromatic rings. The van der Waals surface area contributed by atoms with Crippen LogP contribution in [0.2, 0.25) is 0 Å². The first-order valence-electron chi connectivity index (χ1n) is 7.05. The predicted molar refractivity (Wildman–Crippen MR) is 80.3 cm³/mol. The van der Waals surface area contributed by atoms with Crippen LogP contribution in [0.4, 0.5) is 0 Å². The topological polar surface area (TPSA) is 59.5 Å². The highest BCUT2D eigenvalue weighted by atomic mass is 16.3. The molecule has 108 valence electrons. The zero-order chi connectivity index (χ0) is 14.7. The van der Waals surface area contributed by atoms with Crippen LogP contribution >= 0.6 is 0 Å². The summed E-state index contributed by atoms with van der Waals surface area (Å²) >= 11 is 0. The summed E-state index contributed by atoms with van der Waals surface area (Å²) in [6.45, 7) is 3.98. The first-order chi connectivity index (χ1) is 9.54. The summed E-state index contributed by atoms with van der Waals surface area (Å²) in [5.74, 6) is 0.741. The fourth-order valence-corrected chi connectivity index (χ4v) is 2.29. The molecule has 1 amide bonds. The summed E-state index contributed by atoms with van der Waals surface area (Å²) < 4.78 is 5.81. The van der Waals surface area contributed by atoms with Crippen LogP contribution in [0.25, 0.3) is 11.0 Å². The minimum atomic E-state index is -0.433. The normalized spacial score (nSPS) is 14.2. The smallest absolute Gasteiger partial charge is 0.239 e. The summed E-state index contributed by atoms with van der Waals surface area (Å²) in [5, 5.41) is 1.05. The van der Waals surface area contributed by atoms with E-state index in [-0.39, 0.29) is 11.9 Å². The molecule has 0 spiro atoms. The van der Waals surface area contributed by atoms with Gasteiger partial charge in [0.2, 0.25) is 5.91 Å². The Morgan fingerprint density at radius 1 is 1.40 bits per heavy atom. The van der Waals surface area contributed by atoms with Crippen LogP contribution in [-0.2, 0) is 4.79 Å². The number of furan rings is 1. The molecule has 1 aromatic heterocycles. The molecule has 4 nitrogen and oxygen atoms in total. The number of carbonyl (C=O) groups excluding carboxylic acids is 1. The molecule has 2 rings (SSSR count). The van der Waals surface area contributed by atoms with E-state index in [4.69, 9.17) is 10.2 Å². The summed E-state index contributed by atoms with van der Waals surface area (Å²) in [7, 11) is 1.77. The average Bonchev–Trinajstić information content (AvgIpc) is 2.89. The van der Waals surface area contributed by atoms with E-state index in [0.29, 0.717) is 6.42 Å². The molecular weight excluding hydrogens is 252 g/mol. The molecule has 0 aliphatic heterocycles. The largest absolute Gasteiger partial charge is 0.459 e. The minimum absolute atomic E-state index is 0.0418. The number of para-hydroxylation sites is 1. The maximum atomic E-state index is 12.2. The molecule has 0 saturated carbocycles. The van der Waals surface area contributed by atoms with Crippen molar-refractivity contribution in [3.05, 3.63) is 36.1 Å². The average molecular weight is 274 g/mol. The molecule has 0 aliphatic carbocycles. The second-order valence-electron chi connectivity index (χ2n) is 5.21. The summed E-state index contributed by atoms with van der Waals surface area (Å²) in [5.41, 5.74) is 6.74. The number of benzene rings is 1. The van der Waals surface area contributed by atoms with E-state index in [1.54, 1.807) is 11.9 Å². The van der Waals surface area contributed by atoms with Crippen molar-refractivity contribution in [3.8, 4) is 0 Å². The molecule has 2 atom stereocenters. The summed E-state index contributed by atoms with van der Waals surface area (Å²) in [6, 6.07) is 9.25. The Balaban J connectivity index is 2.17. The third-order valence-electron chi connectivity index (χ3n) is 3.70. The van der Waals surface area contributed by atoms with Gasteiger partial charge in [-0.1, -0.05) is 31.5 Å². The first kappa shape index (κ1) is 14.6. The van der Waals surface area contributed by atoms with E-state index in [1.807, 2.05) is 44.2 Å². The van der Waals surface area contributed by atoms with Crippen molar-refractivity contribution in [3.63, 3.8) is 0 Å². The zero-order valence-electron chi connectivity index (χ0n) is 12.3. The number of nitrogens with zero attached hydrogens (tertiary/aromatic N) is 1. The maximum Gasteiger partial charge on any atom is 0.239 e. The lowest BCUT2D eigenvalue weighted by atomic mass is 10.1. The molecule has 0 bridgehead atoms. The first-order valence-corrected chi connectivity index (χ1v) is 7.05. The van der Waals surface area contributed by atoms with Crippen molar-refractivity contribution >= 4 is 16.9 Å². The lowest BCUT2D eigenvalue weighted by Gasteiger charge is -2.26. The number of hydrogen-bond donors (Lipinski definition) is 1. The fourth-order valence-electron chi connectivity index (χ4n) is 2.29. The van der Waals surface area contributed by atoms with E-state index in [9.17, 15) is 4.79 Å². The molecule has 0 aliphatic rings. The number of nitrogens with two attached hydrogens (primary N) is 1. The van der Waals surface area contributed by atoms with Gasteiger partial charge in [-0.25, -0.2) is 0 Å². The number of carbonyl (C=O) groups is 1. The van der Waals surface area contributed by atoms with Gasteiger partial charge in [-0.05, 0) is 25.5 Å². The van der Waals surface area contributed by atoms with Gasteiger partial charge in [-0.2, -0.15) is 0 Å².